The van der Waals surface area contributed by atoms with Crippen LogP contribution in [0.1, 0.15) is 16.7 Å². The molecule has 0 unspecified atom stereocenters. The lowest BCUT2D eigenvalue weighted by Gasteiger charge is -2.29. The van der Waals surface area contributed by atoms with E-state index in [0.29, 0.717) is 25.6 Å². The van der Waals surface area contributed by atoms with Crippen LogP contribution in [0.5, 0.6) is 17.2 Å². The van der Waals surface area contributed by atoms with Gasteiger partial charge in [-0.2, -0.15) is 0 Å². The summed E-state index contributed by atoms with van der Waals surface area (Å²) in [6, 6.07) is 9.18. The number of halogens is 6. The van der Waals surface area contributed by atoms with Gasteiger partial charge in [0.2, 0.25) is 0 Å². The molecule has 0 aromatic heterocycles. The van der Waals surface area contributed by atoms with Crippen molar-refractivity contribution in [1.29, 1.82) is 0 Å². The van der Waals surface area contributed by atoms with Crippen molar-refractivity contribution >= 4 is 113 Å². The highest BCUT2D eigenvalue weighted by atomic mass is 79.9. The molecule has 34 heavy (non-hydrogen) atoms. The third kappa shape index (κ3) is 4.06. The van der Waals surface area contributed by atoms with E-state index in [4.69, 9.17) is 0 Å². The van der Waals surface area contributed by atoms with Gasteiger partial charge in [-0.25, -0.2) is 0 Å². The molecule has 0 bridgehead atoms. The summed E-state index contributed by atoms with van der Waals surface area (Å²) in [4.78, 5) is 28.0. The van der Waals surface area contributed by atoms with Gasteiger partial charge >= 0.3 is 0 Å². The van der Waals surface area contributed by atoms with Gasteiger partial charge in [-0.1, -0.05) is 0 Å². The van der Waals surface area contributed by atoms with Crippen molar-refractivity contribution in [3.05, 3.63) is 86.0 Å². The van der Waals surface area contributed by atoms with Gasteiger partial charge in [-0.15, -0.1) is 0 Å². The Morgan fingerprint density at radius 2 is 0.882 bits per heavy atom. The van der Waals surface area contributed by atoms with E-state index in [2.05, 4.69) is 95.6 Å². The number of hydrogen-bond donors (Lipinski definition) is 3. The number of phenols is 3. The fourth-order valence-electron chi connectivity index (χ4n) is 3.83. The molecule has 1 aliphatic carbocycles. The van der Waals surface area contributed by atoms with E-state index in [1.807, 2.05) is 0 Å². The summed E-state index contributed by atoms with van der Waals surface area (Å²) in [6.45, 7) is 0. The number of rotatable bonds is 3. The third-order valence-electron chi connectivity index (χ3n) is 5.46. The molecular weight excluding hydrogens is 836 g/mol. The number of ketones is 2. The van der Waals surface area contributed by atoms with Gasteiger partial charge in [0.25, 0.3) is 0 Å². The van der Waals surface area contributed by atoms with E-state index in [9.17, 15) is 24.9 Å². The van der Waals surface area contributed by atoms with Crippen molar-refractivity contribution in [1.82, 2.24) is 0 Å². The van der Waals surface area contributed by atoms with Crippen molar-refractivity contribution in [2.45, 2.75) is 5.41 Å². The molecular formula is C23H10Br6O5. The molecule has 0 radical (unpaired) electrons. The molecule has 11 heteroatoms. The van der Waals surface area contributed by atoms with Gasteiger partial charge in [0.05, 0.1) is 26.8 Å². The maximum Gasteiger partial charge on any atom is 0.186 e. The zero-order chi connectivity index (χ0) is 25.1. The van der Waals surface area contributed by atoms with Crippen LogP contribution in [0, 0.1) is 0 Å². The van der Waals surface area contributed by atoms with Gasteiger partial charge in [-0.05, 0) is 155 Å². The second kappa shape index (κ2) is 9.48. The molecule has 0 aliphatic heterocycles. The minimum Gasteiger partial charge on any atom is -0.506 e. The smallest absolute Gasteiger partial charge is 0.186 e. The first kappa shape index (κ1) is 26.1. The quantitative estimate of drug-likeness (QED) is 0.233. The summed E-state index contributed by atoms with van der Waals surface area (Å²) < 4.78 is 1.85. The standard InChI is InChI=1S/C23H10Br6O5/c24-12-1-8(2-13(25)19(12)31)11-7-18(30)23(22(11)34,9-3-14(26)20(32)15(27)4-9)10-5-16(28)21(33)17(29)6-10/h1-7,31-33H. The Balaban J connectivity index is 2.04. The normalized spacial score (nSPS) is 15.1. The van der Waals surface area contributed by atoms with E-state index in [0.717, 1.165) is 0 Å². The van der Waals surface area contributed by atoms with Crippen LogP contribution in [-0.4, -0.2) is 26.9 Å². The average molecular weight is 846 g/mol. The summed E-state index contributed by atoms with van der Waals surface area (Å²) in [6.07, 6.45) is 1.27. The van der Waals surface area contributed by atoms with Crippen LogP contribution in [0.2, 0.25) is 0 Å². The number of phenolic OH excluding ortho intramolecular Hbond substituents is 3. The topological polar surface area (TPSA) is 94.8 Å². The van der Waals surface area contributed by atoms with Crippen LogP contribution in [0.4, 0.5) is 0 Å². The number of Topliss-reactive ketones (excluding diaryl/α,β-unsaturated/α-hetero) is 1. The van der Waals surface area contributed by atoms with Crippen molar-refractivity contribution < 1.29 is 24.9 Å². The highest BCUT2D eigenvalue weighted by molar-refractivity contribution is 9.11. The maximum atomic E-state index is 14.2. The number of carbonyl (C=O) groups is 2. The molecule has 3 aromatic rings. The molecule has 0 atom stereocenters. The van der Waals surface area contributed by atoms with Gasteiger partial charge < -0.3 is 15.3 Å². The summed E-state index contributed by atoms with van der Waals surface area (Å²) in [5.41, 5.74) is -0.611. The van der Waals surface area contributed by atoms with Crippen LogP contribution in [0.25, 0.3) is 5.57 Å². The Morgan fingerprint density at radius 1 is 0.559 bits per heavy atom. The predicted molar refractivity (Wildman–Crippen MR) is 149 cm³/mol. The minimum atomic E-state index is -1.80. The van der Waals surface area contributed by atoms with Gasteiger partial charge in [0, 0.05) is 5.57 Å². The van der Waals surface area contributed by atoms with E-state index in [1.54, 1.807) is 12.1 Å². The molecule has 3 N–H and O–H groups in total. The van der Waals surface area contributed by atoms with Crippen LogP contribution < -0.4 is 0 Å². The third-order valence-corrected chi connectivity index (χ3v) is 9.08. The fraction of sp³-hybridized carbons (Fsp3) is 0.0435. The molecule has 3 aromatic carbocycles. The number of allylic oxidation sites excluding steroid dienone is 2. The Hall–Kier alpha value is -0.980. The maximum absolute atomic E-state index is 14.2. The number of aromatic hydroxyl groups is 3. The first-order chi connectivity index (χ1) is 15.9. The average Bonchev–Trinajstić information content (AvgIpc) is 3.04. The zero-order valence-corrected chi connectivity index (χ0v) is 26.0. The molecule has 0 saturated heterocycles. The molecule has 5 nitrogen and oxygen atoms in total. The van der Waals surface area contributed by atoms with Crippen LogP contribution in [0.15, 0.2) is 69.3 Å². The van der Waals surface area contributed by atoms with Crippen molar-refractivity contribution in [2.75, 3.05) is 0 Å². The Morgan fingerprint density at radius 3 is 1.24 bits per heavy atom. The van der Waals surface area contributed by atoms with Crippen molar-refractivity contribution in [2.24, 2.45) is 0 Å². The minimum absolute atomic E-state index is 0.0369. The molecule has 174 valence electrons. The predicted octanol–water partition coefficient (Wildman–Crippen LogP) is 7.90. The molecule has 0 amide bonds. The summed E-state index contributed by atoms with van der Waals surface area (Å²) >= 11 is 19.7. The molecule has 0 heterocycles. The molecule has 1 aliphatic rings. The summed E-state index contributed by atoms with van der Waals surface area (Å²) in [5.74, 6) is -1.20. The van der Waals surface area contributed by atoms with E-state index in [-0.39, 0.29) is 40.7 Å². The lowest BCUT2D eigenvalue weighted by atomic mass is 9.70. The molecule has 0 fully saturated rings. The van der Waals surface area contributed by atoms with Gasteiger partial charge in [0.1, 0.15) is 22.7 Å². The Bertz CT molecular complexity index is 1320. The fourth-order valence-corrected chi connectivity index (χ4v) is 7.39. The summed E-state index contributed by atoms with van der Waals surface area (Å²) in [5, 5.41) is 30.6. The van der Waals surface area contributed by atoms with Crippen LogP contribution in [-0.2, 0) is 15.0 Å². The molecule has 0 spiro atoms. The van der Waals surface area contributed by atoms with Crippen LogP contribution in [0.3, 0.4) is 0 Å². The first-order valence-corrected chi connectivity index (χ1v) is 14.0. The van der Waals surface area contributed by atoms with Crippen molar-refractivity contribution in [3.63, 3.8) is 0 Å². The zero-order valence-electron chi connectivity index (χ0n) is 16.5. The lowest BCUT2D eigenvalue weighted by molar-refractivity contribution is -0.125. The number of carbonyl (C=O) groups excluding carboxylic acids is 2. The first-order valence-electron chi connectivity index (χ1n) is 9.25. The SMILES string of the molecule is O=C1C=C(c2cc(Br)c(O)c(Br)c2)C(=O)C1(c1cc(Br)c(O)c(Br)c1)c1cc(Br)c(O)c(Br)c1. The second-order valence-electron chi connectivity index (χ2n) is 7.37. The highest BCUT2D eigenvalue weighted by Gasteiger charge is 2.54. The van der Waals surface area contributed by atoms with Gasteiger partial charge in [-0.3, -0.25) is 9.59 Å². The largest absolute Gasteiger partial charge is 0.506 e. The van der Waals surface area contributed by atoms with Crippen LogP contribution >= 0.6 is 95.6 Å². The van der Waals surface area contributed by atoms with Gasteiger partial charge in [0.15, 0.2) is 11.6 Å². The number of hydrogen-bond acceptors (Lipinski definition) is 5. The Labute approximate surface area is 244 Å². The highest BCUT2D eigenvalue weighted by Crippen LogP contribution is 2.50. The van der Waals surface area contributed by atoms with E-state index in [1.165, 1.54) is 30.3 Å². The monoisotopic (exact) mass is 840 g/mol. The van der Waals surface area contributed by atoms with E-state index < -0.39 is 17.0 Å². The van der Waals surface area contributed by atoms with Crippen molar-refractivity contribution in [3.8, 4) is 17.2 Å². The lowest BCUT2D eigenvalue weighted by Crippen LogP contribution is -2.40. The molecule has 4 rings (SSSR count). The van der Waals surface area contributed by atoms with E-state index >= 15 is 0 Å². The second-order valence-corrected chi connectivity index (χ2v) is 12.5. The Kier molecular flexibility index (Phi) is 7.27. The summed E-state index contributed by atoms with van der Waals surface area (Å²) in [7, 11) is 0. The molecule has 0 saturated carbocycles. The number of benzene rings is 3.